The summed E-state index contributed by atoms with van der Waals surface area (Å²) in [6.07, 6.45) is 2.98. The molecule has 0 aromatic heterocycles. The summed E-state index contributed by atoms with van der Waals surface area (Å²) >= 11 is 3.25. The SMILES string of the molecule is COc1cccc(/C=C/C(=O)Nc2cc([N+](=O)[O-])ccc2Br)c1. The van der Waals surface area contributed by atoms with Crippen molar-refractivity contribution in [1.82, 2.24) is 0 Å². The highest BCUT2D eigenvalue weighted by molar-refractivity contribution is 9.10. The van der Waals surface area contributed by atoms with Gasteiger partial charge in [-0.25, -0.2) is 0 Å². The predicted octanol–water partition coefficient (Wildman–Crippen LogP) is 4.02. The summed E-state index contributed by atoms with van der Waals surface area (Å²) in [5.74, 6) is 0.294. The summed E-state index contributed by atoms with van der Waals surface area (Å²) in [5, 5.41) is 13.4. The number of nitrogens with zero attached hydrogens (tertiary/aromatic N) is 1. The van der Waals surface area contributed by atoms with Crippen LogP contribution in [0.15, 0.2) is 53.0 Å². The van der Waals surface area contributed by atoms with E-state index < -0.39 is 10.8 Å². The smallest absolute Gasteiger partial charge is 0.271 e. The second-order valence-corrected chi connectivity index (χ2v) is 5.37. The molecule has 1 N–H and O–H groups in total. The van der Waals surface area contributed by atoms with E-state index in [4.69, 9.17) is 4.74 Å². The minimum absolute atomic E-state index is 0.0970. The van der Waals surface area contributed by atoms with Crippen molar-refractivity contribution in [2.75, 3.05) is 12.4 Å². The summed E-state index contributed by atoms with van der Waals surface area (Å²) in [4.78, 5) is 22.2. The Morgan fingerprint density at radius 3 is 2.78 bits per heavy atom. The van der Waals surface area contributed by atoms with Crippen LogP contribution in [0.5, 0.6) is 5.75 Å². The van der Waals surface area contributed by atoms with E-state index in [1.165, 1.54) is 24.3 Å². The van der Waals surface area contributed by atoms with E-state index >= 15 is 0 Å². The molecule has 0 aliphatic carbocycles. The summed E-state index contributed by atoms with van der Waals surface area (Å²) < 4.78 is 5.67. The first-order valence-corrected chi connectivity index (χ1v) is 7.36. The highest BCUT2D eigenvalue weighted by atomic mass is 79.9. The maximum atomic E-state index is 12.0. The molecule has 1 amide bonds. The van der Waals surface area contributed by atoms with Crippen molar-refractivity contribution in [2.24, 2.45) is 0 Å². The number of carbonyl (C=O) groups is 1. The van der Waals surface area contributed by atoms with E-state index in [1.54, 1.807) is 25.3 Å². The van der Waals surface area contributed by atoms with Gasteiger partial charge in [-0.15, -0.1) is 0 Å². The number of amides is 1. The van der Waals surface area contributed by atoms with Gasteiger partial charge in [0.05, 0.1) is 17.7 Å². The van der Waals surface area contributed by atoms with Gasteiger partial charge in [0.25, 0.3) is 5.69 Å². The first-order valence-electron chi connectivity index (χ1n) is 6.56. The van der Waals surface area contributed by atoms with E-state index in [-0.39, 0.29) is 5.69 Å². The number of non-ortho nitro benzene ring substituents is 1. The van der Waals surface area contributed by atoms with Crippen LogP contribution in [-0.4, -0.2) is 17.9 Å². The molecule has 0 saturated carbocycles. The second kappa shape index (κ2) is 7.55. The average Bonchev–Trinajstić information content (AvgIpc) is 2.55. The van der Waals surface area contributed by atoms with Gasteiger partial charge in [-0.1, -0.05) is 12.1 Å². The monoisotopic (exact) mass is 376 g/mol. The number of anilines is 1. The average molecular weight is 377 g/mol. The lowest BCUT2D eigenvalue weighted by molar-refractivity contribution is -0.384. The number of halogens is 1. The first-order chi connectivity index (χ1) is 11.0. The number of hydrogen-bond donors (Lipinski definition) is 1. The minimum Gasteiger partial charge on any atom is -0.497 e. The molecule has 0 heterocycles. The zero-order valence-corrected chi connectivity index (χ0v) is 13.7. The number of nitrogens with one attached hydrogen (secondary N) is 1. The van der Waals surface area contributed by atoms with Crippen molar-refractivity contribution in [1.29, 1.82) is 0 Å². The van der Waals surface area contributed by atoms with Crippen LogP contribution in [-0.2, 0) is 4.79 Å². The van der Waals surface area contributed by atoms with Gasteiger partial charge in [0.1, 0.15) is 5.75 Å². The van der Waals surface area contributed by atoms with Crippen molar-refractivity contribution < 1.29 is 14.5 Å². The van der Waals surface area contributed by atoms with Crippen LogP contribution in [0.25, 0.3) is 6.08 Å². The van der Waals surface area contributed by atoms with Gasteiger partial charge in [-0.05, 0) is 45.8 Å². The van der Waals surface area contributed by atoms with Gasteiger partial charge >= 0.3 is 0 Å². The first kappa shape index (κ1) is 16.7. The third-order valence-corrected chi connectivity index (χ3v) is 3.63. The van der Waals surface area contributed by atoms with Crippen molar-refractivity contribution in [2.45, 2.75) is 0 Å². The van der Waals surface area contributed by atoms with Crippen LogP contribution in [0, 0.1) is 10.1 Å². The normalized spacial score (nSPS) is 10.5. The molecule has 6 nitrogen and oxygen atoms in total. The van der Waals surface area contributed by atoms with Crippen LogP contribution < -0.4 is 10.1 Å². The maximum Gasteiger partial charge on any atom is 0.271 e. The molecule has 0 unspecified atom stereocenters. The lowest BCUT2D eigenvalue weighted by Crippen LogP contribution is -2.08. The molecular weight excluding hydrogens is 364 g/mol. The molecule has 118 valence electrons. The van der Waals surface area contributed by atoms with E-state index in [0.29, 0.717) is 15.9 Å². The van der Waals surface area contributed by atoms with E-state index in [1.807, 2.05) is 12.1 Å². The number of benzene rings is 2. The molecule has 23 heavy (non-hydrogen) atoms. The highest BCUT2D eigenvalue weighted by Gasteiger charge is 2.10. The topological polar surface area (TPSA) is 81.5 Å². The Balaban J connectivity index is 2.11. The Morgan fingerprint density at radius 1 is 1.30 bits per heavy atom. The highest BCUT2D eigenvalue weighted by Crippen LogP contribution is 2.27. The molecular formula is C16H13BrN2O4. The third kappa shape index (κ3) is 4.65. The van der Waals surface area contributed by atoms with Gasteiger partial charge < -0.3 is 10.1 Å². The lowest BCUT2D eigenvalue weighted by Gasteiger charge is -2.05. The van der Waals surface area contributed by atoms with Crippen LogP contribution in [0.3, 0.4) is 0 Å². The van der Waals surface area contributed by atoms with Gasteiger partial charge in [0, 0.05) is 22.7 Å². The number of ether oxygens (including phenoxy) is 1. The van der Waals surface area contributed by atoms with Gasteiger partial charge in [0.15, 0.2) is 0 Å². The van der Waals surface area contributed by atoms with E-state index in [9.17, 15) is 14.9 Å². The van der Waals surface area contributed by atoms with Gasteiger partial charge in [-0.3, -0.25) is 14.9 Å². The predicted molar refractivity (Wildman–Crippen MR) is 91.5 cm³/mol. The largest absolute Gasteiger partial charge is 0.497 e. The third-order valence-electron chi connectivity index (χ3n) is 2.94. The number of hydrogen-bond acceptors (Lipinski definition) is 4. The summed E-state index contributed by atoms with van der Waals surface area (Å²) in [5.41, 5.74) is 1.04. The molecule has 0 atom stereocenters. The quantitative estimate of drug-likeness (QED) is 0.485. The Hall–Kier alpha value is -2.67. The zero-order valence-electron chi connectivity index (χ0n) is 12.2. The number of nitro benzene ring substituents is 1. The van der Waals surface area contributed by atoms with Crippen LogP contribution in [0.1, 0.15) is 5.56 Å². The molecule has 2 aromatic rings. The molecule has 0 aliphatic heterocycles. The summed E-state index contributed by atoms with van der Waals surface area (Å²) in [6, 6.07) is 11.4. The van der Waals surface area contributed by atoms with Gasteiger partial charge in [-0.2, -0.15) is 0 Å². The number of carbonyl (C=O) groups excluding carboxylic acids is 1. The Kier molecular flexibility index (Phi) is 5.48. The molecule has 0 spiro atoms. The second-order valence-electron chi connectivity index (χ2n) is 4.52. The Bertz CT molecular complexity index is 774. The Labute approximate surface area is 141 Å². The fourth-order valence-corrected chi connectivity index (χ4v) is 2.16. The van der Waals surface area contributed by atoms with Crippen molar-refractivity contribution in [3.8, 4) is 5.75 Å². The number of rotatable bonds is 5. The number of methoxy groups -OCH3 is 1. The van der Waals surface area contributed by atoms with Crippen molar-refractivity contribution in [3.63, 3.8) is 0 Å². The molecule has 2 rings (SSSR count). The van der Waals surface area contributed by atoms with Crippen molar-refractivity contribution in [3.05, 3.63) is 68.7 Å². The maximum absolute atomic E-state index is 12.0. The molecule has 2 aromatic carbocycles. The lowest BCUT2D eigenvalue weighted by atomic mass is 10.2. The molecule has 7 heteroatoms. The van der Waals surface area contributed by atoms with E-state index in [0.717, 1.165) is 5.56 Å². The van der Waals surface area contributed by atoms with Crippen LogP contribution >= 0.6 is 15.9 Å². The van der Waals surface area contributed by atoms with Gasteiger partial charge in [0.2, 0.25) is 5.91 Å². The molecule has 0 aliphatic rings. The molecule has 0 fully saturated rings. The standard InChI is InChI=1S/C16H13BrN2O4/c1-23-13-4-2-3-11(9-13)5-8-16(20)18-15-10-12(19(21)22)6-7-14(15)17/h2-10H,1H3,(H,18,20)/b8-5+. The fourth-order valence-electron chi connectivity index (χ4n) is 1.81. The zero-order chi connectivity index (χ0) is 16.8. The molecule has 0 saturated heterocycles. The molecule has 0 bridgehead atoms. The number of nitro groups is 1. The molecule has 0 radical (unpaired) electrons. The van der Waals surface area contributed by atoms with E-state index in [2.05, 4.69) is 21.2 Å². The fraction of sp³-hybridized carbons (Fsp3) is 0.0625. The summed E-state index contributed by atoms with van der Waals surface area (Å²) in [7, 11) is 1.56. The van der Waals surface area contributed by atoms with Crippen LogP contribution in [0.2, 0.25) is 0 Å². The minimum atomic E-state index is -0.520. The van der Waals surface area contributed by atoms with Crippen molar-refractivity contribution >= 4 is 39.3 Å². The Morgan fingerprint density at radius 2 is 2.09 bits per heavy atom. The van der Waals surface area contributed by atoms with Crippen LogP contribution in [0.4, 0.5) is 11.4 Å². The summed E-state index contributed by atoms with van der Waals surface area (Å²) in [6.45, 7) is 0.